The summed E-state index contributed by atoms with van der Waals surface area (Å²) in [4.78, 5) is 0. The van der Waals surface area contributed by atoms with Crippen molar-refractivity contribution in [2.24, 2.45) is 11.3 Å². The first-order chi connectivity index (χ1) is 6.77. The highest BCUT2D eigenvalue weighted by molar-refractivity contribution is 5.48. The average Bonchev–Trinajstić information content (AvgIpc) is 2.33. The second kappa shape index (κ2) is 2.89. The Morgan fingerprint density at radius 3 is 2.53 bits per heavy atom. The molecule has 0 nitrogen and oxygen atoms in total. The van der Waals surface area contributed by atoms with Crippen LogP contribution in [0.25, 0.3) is 0 Å². The van der Waals surface area contributed by atoms with Gasteiger partial charge in [-0.1, -0.05) is 26.8 Å². The summed E-state index contributed by atoms with van der Waals surface area (Å²) in [6.45, 7) is 4.82. The molecule has 0 aliphatic heterocycles. The van der Waals surface area contributed by atoms with Gasteiger partial charge < -0.3 is 0 Å². The van der Waals surface area contributed by atoms with Gasteiger partial charge in [0.1, 0.15) is 5.83 Å². The maximum absolute atomic E-state index is 13.9. The van der Waals surface area contributed by atoms with Crippen LogP contribution in [0.5, 0.6) is 0 Å². The molecule has 0 saturated heterocycles. The lowest BCUT2D eigenvalue weighted by molar-refractivity contribution is 0.00200. The Bertz CT molecular complexity index is 361. The Labute approximate surface area is 87.9 Å². The monoisotopic (exact) mass is 216 g/mol. The van der Waals surface area contributed by atoms with Crippen LogP contribution in [0.2, 0.25) is 0 Å². The summed E-state index contributed by atoms with van der Waals surface area (Å²) < 4.78 is 41.4. The lowest BCUT2D eigenvalue weighted by Crippen LogP contribution is -2.26. The van der Waals surface area contributed by atoms with E-state index in [0.717, 1.165) is 0 Å². The summed E-state index contributed by atoms with van der Waals surface area (Å²) in [7, 11) is 0. The molecule has 2 rings (SSSR count). The first-order valence-electron chi connectivity index (χ1n) is 5.25. The van der Waals surface area contributed by atoms with Gasteiger partial charge in [-0.05, 0) is 18.4 Å². The largest absolute Gasteiger partial charge is 0.278 e. The average molecular weight is 216 g/mol. The standard InChI is InChI=1S/C12H15F3/c1-7-6-8-4-5-11(2,3)10(13)9(8)12(7,14)15/h4,7H,5-6H2,1-3H3. The summed E-state index contributed by atoms with van der Waals surface area (Å²) >= 11 is 0. The molecule has 2 aliphatic rings. The molecule has 0 aromatic carbocycles. The Hall–Kier alpha value is -0.730. The number of alkyl halides is 2. The predicted molar refractivity (Wildman–Crippen MR) is 53.3 cm³/mol. The summed E-state index contributed by atoms with van der Waals surface area (Å²) in [5.41, 5.74) is -0.581. The van der Waals surface area contributed by atoms with Crippen LogP contribution in [0.3, 0.4) is 0 Å². The normalized spacial score (nSPS) is 32.7. The van der Waals surface area contributed by atoms with Crippen LogP contribution in [-0.2, 0) is 0 Å². The minimum Gasteiger partial charge on any atom is -0.211 e. The van der Waals surface area contributed by atoms with E-state index in [0.29, 0.717) is 18.4 Å². The fourth-order valence-corrected chi connectivity index (χ4v) is 2.30. The quantitative estimate of drug-likeness (QED) is 0.568. The van der Waals surface area contributed by atoms with Gasteiger partial charge in [0.25, 0.3) is 5.92 Å². The van der Waals surface area contributed by atoms with Crippen molar-refractivity contribution < 1.29 is 13.2 Å². The highest BCUT2D eigenvalue weighted by Crippen LogP contribution is 2.55. The maximum Gasteiger partial charge on any atom is 0.278 e. The van der Waals surface area contributed by atoms with Gasteiger partial charge in [-0.15, -0.1) is 0 Å². The Balaban J connectivity index is 2.58. The Kier molecular flexibility index (Phi) is 2.08. The van der Waals surface area contributed by atoms with Crippen LogP contribution in [0, 0.1) is 11.3 Å². The minimum absolute atomic E-state index is 0.297. The lowest BCUT2D eigenvalue weighted by atomic mass is 9.79. The lowest BCUT2D eigenvalue weighted by Gasteiger charge is -2.29. The molecule has 1 saturated carbocycles. The maximum atomic E-state index is 13.9. The molecule has 0 aromatic rings. The first kappa shape index (κ1) is 10.8. The van der Waals surface area contributed by atoms with Crippen molar-refractivity contribution in [3.63, 3.8) is 0 Å². The van der Waals surface area contributed by atoms with E-state index in [2.05, 4.69) is 0 Å². The second-order valence-electron chi connectivity index (χ2n) is 5.23. The highest BCUT2D eigenvalue weighted by Gasteiger charge is 2.53. The molecule has 1 unspecified atom stereocenters. The third kappa shape index (κ3) is 1.35. The molecule has 0 amide bonds. The Morgan fingerprint density at radius 1 is 1.33 bits per heavy atom. The zero-order valence-electron chi connectivity index (χ0n) is 9.20. The molecule has 0 N–H and O–H groups in total. The summed E-state index contributed by atoms with van der Waals surface area (Å²) in [5, 5.41) is 0. The van der Waals surface area contributed by atoms with E-state index in [4.69, 9.17) is 0 Å². The molecule has 0 radical (unpaired) electrons. The van der Waals surface area contributed by atoms with Gasteiger partial charge >= 0.3 is 0 Å². The molecule has 0 bridgehead atoms. The van der Waals surface area contributed by atoms with Crippen LogP contribution < -0.4 is 0 Å². The van der Waals surface area contributed by atoms with E-state index >= 15 is 0 Å². The van der Waals surface area contributed by atoms with Crippen molar-refractivity contribution in [1.82, 2.24) is 0 Å². The van der Waals surface area contributed by atoms with E-state index in [1.54, 1.807) is 19.9 Å². The molecule has 0 aromatic heterocycles. The molecule has 0 heterocycles. The number of rotatable bonds is 0. The van der Waals surface area contributed by atoms with Crippen LogP contribution >= 0.6 is 0 Å². The van der Waals surface area contributed by atoms with Crippen molar-refractivity contribution in [2.45, 2.75) is 39.5 Å². The summed E-state index contributed by atoms with van der Waals surface area (Å²) in [6, 6.07) is 0. The van der Waals surface area contributed by atoms with Gasteiger partial charge in [0.2, 0.25) is 0 Å². The van der Waals surface area contributed by atoms with Gasteiger partial charge in [0, 0.05) is 11.3 Å². The minimum atomic E-state index is -2.99. The van der Waals surface area contributed by atoms with Crippen LogP contribution in [0.1, 0.15) is 33.6 Å². The van der Waals surface area contributed by atoms with Crippen molar-refractivity contribution >= 4 is 0 Å². The molecular weight excluding hydrogens is 201 g/mol. The molecule has 0 spiro atoms. The molecule has 3 heteroatoms. The fraction of sp³-hybridized carbons (Fsp3) is 0.667. The van der Waals surface area contributed by atoms with Crippen LogP contribution in [0.4, 0.5) is 13.2 Å². The van der Waals surface area contributed by atoms with E-state index in [9.17, 15) is 13.2 Å². The number of hydrogen-bond acceptors (Lipinski definition) is 0. The third-order valence-electron chi connectivity index (χ3n) is 3.47. The topological polar surface area (TPSA) is 0 Å². The SMILES string of the molecule is CC1CC2=CCC(C)(C)C(F)=C2C1(F)F. The molecule has 1 fully saturated rings. The van der Waals surface area contributed by atoms with Gasteiger partial charge in [-0.25, -0.2) is 13.2 Å². The van der Waals surface area contributed by atoms with Gasteiger partial charge in [-0.3, -0.25) is 0 Å². The summed E-state index contributed by atoms with van der Waals surface area (Å²) in [6.07, 6.45) is 2.59. The molecule has 84 valence electrons. The van der Waals surface area contributed by atoms with Crippen molar-refractivity contribution in [3.05, 3.63) is 23.0 Å². The van der Waals surface area contributed by atoms with Crippen LogP contribution in [0.15, 0.2) is 23.0 Å². The number of halogens is 3. The Morgan fingerprint density at radius 2 is 1.93 bits per heavy atom. The number of hydrogen-bond donors (Lipinski definition) is 0. The second-order valence-corrected chi connectivity index (χ2v) is 5.23. The third-order valence-corrected chi connectivity index (χ3v) is 3.47. The number of fused-ring (bicyclic) bond motifs is 1. The highest BCUT2D eigenvalue weighted by atomic mass is 19.3. The zero-order chi connectivity index (χ0) is 11.4. The van der Waals surface area contributed by atoms with E-state index in [-0.39, 0.29) is 5.57 Å². The van der Waals surface area contributed by atoms with Gasteiger partial charge in [0.15, 0.2) is 0 Å². The van der Waals surface area contributed by atoms with E-state index in [1.165, 1.54) is 6.92 Å². The van der Waals surface area contributed by atoms with E-state index in [1.807, 2.05) is 0 Å². The van der Waals surface area contributed by atoms with Gasteiger partial charge in [0.05, 0.1) is 5.57 Å². The van der Waals surface area contributed by atoms with Crippen molar-refractivity contribution in [1.29, 1.82) is 0 Å². The number of allylic oxidation sites excluding steroid dienone is 4. The van der Waals surface area contributed by atoms with E-state index < -0.39 is 23.1 Å². The molecule has 15 heavy (non-hydrogen) atoms. The molecule has 2 aliphatic carbocycles. The molecule has 1 atom stereocenters. The van der Waals surface area contributed by atoms with Crippen molar-refractivity contribution in [3.8, 4) is 0 Å². The molecular formula is C12H15F3. The fourth-order valence-electron chi connectivity index (χ4n) is 2.30. The first-order valence-corrected chi connectivity index (χ1v) is 5.25. The predicted octanol–water partition coefficient (Wildman–Crippen LogP) is 4.24. The van der Waals surface area contributed by atoms with Crippen LogP contribution in [-0.4, -0.2) is 5.92 Å². The zero-order valence-corrected chi connectivity index (χ0v) is 9.20. The smallest absolute Gasteiger partial charge is 0.211 e. The summed E-state index contributed by atoms with van der Waals surface area (Å²) in [5.74, 6) is -4.39. The van der Waals surface area contributed by atoms with Gasteiger partial charge in [-0.2, -0.15) is 0 Å². The van der Waals surface area contributed by atoms with Crippen molar-refractivity contribution in [2.75, 3.05) is 0 Å².